The van der Waals surface area contributed by atoms with Crippen molar-refractivity contribution in [2.45, 2.75) is 45.6 Å². The number of aromatic hydroxyl groups is 1. The number of halogens is 1. The minimum Gasteiger partial charge on any atom is -0.492 e. The third-order valence-corrected chi connectivity index (χ3v) is 6.37. The van der Waals surface area contributed by atoms with Crippen LogP contribution < -0.4 is 10.3 Å². The van der Waals surface area contributed by atoms with Gasteiger partial charge in [0.15, 0.2) is 11.5 Å². The number of benzene rings is 1. The van der Waals surface area contributed by atoms with Gasteiger partial charge < -0.3 is 5.11 Å². The molecule has 11 heteroatoms. The fourth-order valence-electron chi connectivity index (χ4n) is 3.35. The molecule has 1 aromatic carbocycles. The lowest BCUT2D eigenvalue weighted by molar-refractivity contribution is 0.437. The second-order valence-electron chi connectivity index (χ2n) is 7.58. The van der Waals surface area contributed by atoms with Gasteiger partial charge in [0.25, 0.3) is 5.56 Å². The third-order valence-electron chi connectivity index (χ3n) is 5.12. The molecule has 0 saturated heterocycles. The van der Waals surface area contributed by atoms with Gasteiger partial charge in [0.1, 0.15) is 11.6 Å². The Labute approximate surface area is 191 Å². The Morgan fingerprint density at radius 2 is 1.82 bits per heavy atom. The van der Waals surface area contributed by atoms with Crippen molar-refractivity contribution in [2.24, 2.45) is 0 Å². The number of sulfonamides is 1. The molecular weight excluding hydrogens is 449 g/mol. The fraction of sp³-hybridized carbons (Fsp3) is 0.364. The molecule has 176 valence electrons. The van der Waals surface area contributed by atoms with E-state index in [1.807, 2.05) is 44.2 Å². The molecule has 0 fully saturated rings. The molecule has 33 heavy (non-hydrogen) atoms. The molecule has 0 bridgehead atoms. The number of aryl methyl sites for hydroxylation is 2. The highest BCUT2D eigenvalue weighted by Gasteiger charge is 2.24. The molecule has 2 N–H and O–H groups in total. The zero-order valence-corrected chi connectivity index (χ0v) is 19.2. The van der Waals surface area contributed by atoms with Gasteiger partial charge in [-0.25, -0.2) is 22.8 Å². The average Bonchev–Trinajstić information content (AvgIpc) is 2.80. The summed E-state index contributed by atoms with van der Waals surface area (Å²) in [6, 6.07) is 8.83. The monoisotopic (exact) mass is 475 g/mol. The van der Waals surface area contributed by atoms with E-state index in [-0.39, 0.29) is 12.2 Å². The summed E-state index contributed by atoms with van der Waals surface area (Å²) in [6.45, 7) is 3.81. The van der Waals surface area contributed by atoms with Crippen LogP contribution in [-0.4, -0.2) is 38.8 Å². The van der Waals surface area contributed by atoms with Gasteiger partial charge >= 0.3 is 0 Å². The Morgan fingerprint density at radius 1 is 1.15 bits per heavy atom. The van der Waals surface area contributed by atoms with Crippen molar-refractivity contribution in [2.75, 3.05) is 10.5 Å². The van der Waals surface area contributed by atoms with Crippen molar-refractivity contribution in [3.8, 4) is 5.88 Å². The van der Waals surface area contributed by atoms with Gasteiger partial charge in [0, 0.05) is 12.8 Å². The summed E-state index contributed by atoms with van der Waals surface area (Å²) in [6.07, 6.45) is 3.83. The molecule has 0 radical (unpaired) electrons. The second-order valence-corrected chi connectivity index (χ2v) is 9.42. The highest BCUT2D eigenvalue weighted by molar-refractivity contribution is 7.92. The van der Waals surface area contributed by atoms with Crippen LogP contribution in [-0.2, 0) is 22.9 Å². The maximum absolute atomic E-state index is 13.3. The first-order valence-corrected chi connectivity index (χ1v) is 12.2. The zero-order chi connectivity index (χ0) is 24.0. The van der Waals surface area contributed by atoms with E-state index >= 15 is 0 Å². The van der Waals surface area contributed by atoms with Crippen LogP contribution in [0.4, 0.5) is 10.1 Å². The van der Waals surface area contributed by atoms with Crippen LogP contribution in [0, 0.1) is 5.82 Å². The summed E-state index contributed by atoms with van der Waals surface area (Å²) in [5, 5.41) is 10.4. The molecule has 2 aromatic heterocycles. The number of unbranched alkanes of at least 4 members (excludes halogenated alkanes) is 1. The van der Waals surface area contributed by atoms with Crippen LogP contribution in [0.25, 0.3) is 0 Å². The van der Waals surface area contributed by atoms with E-state index in [2.05, 4.69) is 19.7 Å². The molecule has 2 heterocycles. The van der Waals surface area contributed by atoms with Gasteiger partial charge in [-0.1, -0.05) is 43.7 Å². The van der Waals surface area contributed by atoms with Crippen molar-refractivity contribution in [3.63, 3.8) is 0 Å². The van der Waals surface area contributed by atoms with Crippen molar-refractivity contribution in [3.05, 3.63) is 76.1 Å². The quantitative estimate of drug-likeness (QED) is 0.462. The molecule has 3 aromatic rings. The van der Waals surface area contributed by atoms with Crippen molar-refractivity contribution >= 4 is 15.7 Å². The number of aromatic nitrogens is 4. The molecule has 0 saturated carbocycles. The van der Waals surface area contributed by atoms with Crippen LogP contribution in [0.1, 0.15) is 49.9 Å². The first kappa shape index (κ1) is 24.3. The highest BCUT2D eigenvalue weighted by Crippen LogP contribution is 2.24. The van der Waals surface area contributed by atoms with Crippen molar-refractivity contribution in [1.82, 2.24) is 19.5 Å². The van der Waals surface area contributed by atoms with Crippen LogP contribution in [0.15, 0.2) is 47.5 Å². The third kappa shape index (κ3) is 6.13. The summed E-state index contributed by atoms with van der Waals surface area (Å²) in [7, 11) is -4.06. The van der Waals surface area contributed by atoms with E-state index in [1.54, 1.807) is 0 Å². The average molecular weight is 476 g/mol. The topological polar surface area (TPSA) is 127 Å². The van der Waals surface area contributed by atoms with E-state index in [9.17, 15) is 22.7 Å². The number of nitrogens with zero attached hydrogens (tertiary/aromatic N) is 4. The largest absolute Gasteiger partial charge is 0.492 e. The zero-order valence-electron chi connectivity index (χ0n) is 18.4. The molecule has 0 aliphatic heterocycles. The van der Waals surface area contributed by atoms with Gasteiger partial charge in [0.2, 0.25) is 15.9 Å². The number of rotatable bonds is 10. The lowest BCUT2D eigenvalue weighted by Crippen LogP contribution is -2.32. The molecule has 0 aliphatic rings. The molecule has 9 nitrogen and oxygen atoms in total. The highest BCUT2D eigenvalue weighted by atomic mass is 32.2. The predicted molar refractivity (Wildman–Crippen MR) is 122 cm³/mol. The summed E-state index contributed by atoms with van der Waals surface area (Å²) in [5.74, 6) is -1.27. The van der Waals surface area contributed by atoms with Gasteiger partial charge in [-0.05, 0) is 18.9 Å². The van der Waals surface area contributed by atoms with Crippen LogP contribution >= 0.6 is 0 Å². The van der Waals surface area contributed by atoms with Crippen molar-refractivity contribution in [1.29, 1.82) is 0 Å². The number of hydrogen-bond donors (Lipinski definition) is 2. The van der Waals surface area contributed by atoms with Crippen molar-refractivity contribution < 1.29 is 17.9 Å². The number of nitrogens with one attached hydrogen (secondary N) is 1. The van der Waals surface area contributed by atoms with E-state index in [0.29, 0.717) is 12.2 Å². The van der Waals surface area contributed by atoms with Gasteiger partial charge in [0.05, 0.1) is 24.2 Å². The second kappa shape index (κ2) is 10.5. The predicted octanol–water partition coefficient (Wildman–Crippen LogP) is 2.81. The molecular formula is C22H26FN5O4S. The molecule has 0 unspecified atom stereocenters. The number of anilines is 1. The van der Waals surface area contributed by atoms with E-state index in [1.165, 1.54) is 4.57 Å². The molecule has 0 aliphatic carbocycles. The Morgan fingerprint density at radius 3 is 2.45 bits per heavy atom. The summed E-state index contributed by atoms with van der Waals surface area (Å²) in [5.41, 5.74) is -0.364. The van der Waals surface area contributed by atoms with E-state index < -0.39 is 44.8 Å². The lowest BCUT2D eigenvalue weighted by Gasteiger charge is -2.21. The molecule has 0 amide bonds. The van der Waals surface area contributed by atoms with E-state index in [4.69, 9.17) is 0 Å². The smallest absolute Gasteiger partial charge is 0.282 e. The first-order chi connectivity index (χ1) is 15.7. The maximum atomic E-state index is 13.3. The standard InChI is InChI=1S/C22H26FN5O4S/c1-3-4-10-19-26-21(29)20(22(30)28(19)15(2)16-8-6-5-7-9-16)27-33(31,32)12-11-18-24-13-17(23)14-25-18/h5-9,13-15,27,29H,3-4,10-12H2,1-2H3/t15-/m0/s1. The normalized spacial score (nSPS) is 12.5. The molecule has 3 rings (SSSR count). The van der Waals surface area contributed by atoms with Gasteiger partial charge in [-0.3, -0.25) is 14.1 Å². The van der Waals surface area contributed by atoms with Gasteiger partial charge in [-0.2, -0.15) is 4.98 Å². The fourth-order valence-corrected chi connectivity index (χ4v) is 4.39. The minimum atomic E-state index is -4.06. The first-order valence-electron chi connectivity index (χ1n) is 10.6. The number of hydrogen-bond acceptors (Lipinski definition) is 7. The Bertz CT molecular complexity index is 1250. The summed E-state index contributed by atoms with van der Waals surface area (Å²) in [4.78, 5) is 25.0. The Balaban J connectivity index is 1.94. The Hall–Kier alpha value is -3.34. The maximum Gasteiger partial charge on any atom is 0.282 e. The summed E-state index contributed by atoms with van der Waals surface area (Å²) >= 11 is 0. The molecule has 1 atom stereocenters. The van der Waals surface area contributed by atoms with Crippen LogP contribution in [0.2, 0.25) is 0 Å². The van der Waals surface area contributed by atoms with E-state index in [0.717, 1.165) is 30.8 Å². The SMILES string of the molecule is CCCCc1nc(O)c(NS(=O)(=O)CCc2ncc(F)cn2)c(=O)n1[C@@H](C)c1ccccc1. The lowest BCUT2D eigenvalue weighted by atomic mass is 10.1. The molecule has 0 spiro atoms. The minimum absolute atomic E-state index is 0.104. The Kier molecular flexibility index (Phi) is 7.75. The van der Waals surface area contributed by atoms with Crippen LogP contribution in [0.5, 0.6) is 5.88 Å². The van der Waals surface area contributed by atoms with Crippen LogP contribution in [0.3, 0.4) is 0 Å². The summed E-state index contributed by atoms with van der Waals surface area (Å²) < 4.78 is 41.8. The van der Waals surface area contributed by atoms with Gasteiger partial charge in [-0.15, -0.1) is 0 Å².